The fourth-order valence-electron chi connectivity index (χ4n) is 3.44. The summed E-state index contributed by atoms with van der Waals surface area (Å²) in [4.78, 5) is 33.7. The zero-order valence-corrected chi connectivity index (χ0v) is 27.4. The lowest BCUT2D eigenvalue weighted by atomic mass is 10.0. The number of nitrogens with one attached hydrogen (secondary N) is 2. The first-order valence-electron chi connectivity index (χ1n) is 11.8. The Morgan fingerprint density at radius 1 is 0.756 bits per heavy atom. The average molecular weight is 667 g/mol. The lowest BCUT2D eigenvalue weighted by Crippen LogP contribution is -2.15. The van der Waals surface area contributed by atoms with E-state index in [4.69, 9.17) is 9.47 Å². The third-order valence-corrected chi connectivity index (χ3v) is 10.3. The molecule has 2 aromatic carbocycles. The van der Waals surface area contributed by atoms with E-state index in [0.717, 1.165) is 19.8 Å². The van der Waals surface area contributed by atoms with Crippen LogP contribution in [0.2, 0.25) is 0 Å². The van der Waals surface area contributed by atoms with E-state index in [-0.39, 0.29) is 23.3 Å². The zero-order chi connectivity index (χ0) is 29.2. The van der Waals surface area contributed by atoms with Crippen molar-refractivity contribution in [1.29, 1.82) is 0 Å². The van der Waals surface area contributed by atoms with Crippen molar-refractivity contribution in [3.63, 3.8) is 0 Å². The van der Waals surface area contributed by atoms with Crippen LogP contribution in [0.25, 0.3) is 0 Å². The molecule has 0 aliphatic heterocycles. The SMILES string of the molecule is COc1cc(Cc2ccc(NC(=O)CSc3nc(SC)ns3)c(OC)c2)ccc1NC(=O)CSc1nc(SC)ns1. The number of nitrogens with zero attached hydrogens (tertiary/aromatic N) is 4. The van der Waals surface area contributed by atoms with Crippen molar-refractivity contribution in [2.75, 3.05) is 48.9 Å². The minimum absolute atomic E-state index is 0.157. The van der Waals surface area contributed by atoms with Gasteiger partial charge >= 0.3 is 0 Å². The molecule has 2 amide bonds. The molecule has 0 spiro atoms. The Labute approximate surface area is 262 Å². The number of aromatic nitrogens is 4. The monoisotopic (exact) mass is 666 g/mol. The van der Waals surface area contributed by atoms with Crippen LogP contribution in [0.15, 0.2) is 55.4 Å². The molecule has 2 heterocycles. The zero-order valence-electron chi connectivity index (χ0n) is 22.5. The first-order valence-corrected chi connectivity index (χ1v) is 17.8. The van der Waals surface area contributed by atoms with E-state index in [9.17, 15) is 9.59 Å². The standard InChI is InChI=1S/C25H26N6O4S6/c1-34-18-10-14(5-7-16(18)26-20(32)12-38-24-28-22(36-3)30-40-24)9-15-6-8-17(19(11-15)35-2)27-21(33)13-39-25-29-23(37-4)31-41-25/h5-8,10-11H,9,12-13H2,1-4H3,(H,26,32)(H,27,33). The van der Waals surface area contributed by atoms with Gasteiger partial charge < -0.3 is 20.1 Å². The van der Waals surface area contributed by atoms with Gasteiger partial charge in [0, 0.05) is 0 Å². The second-order valence-electron chi connectivity index (χ2n) is 8.01. The first-order chi connectivity index (χ1) is 19.9. The van der Waals surface area contributed by atoms with Gasteiger partial charge in [0.15, 0.2) is 8.68 Å². The van der Waals surface area contributed by atoms with Crippen LogP contribution in [0.3, 0.4) is 0 Å². The lowest BCUT2D eigenvalue weighted by Gasteiger charge is -2.14. The predicted molar refractivity (Wildman–Crippen MR) is 171 cm³/mol. The number of amides is 2. The summed E-state index contributed by atoms with van der Waals surface area (Å²) < 4.78 is 21.0. The van der Waals surface area contributed by atoms with E-state index < -0.39 is 0 Å². The molecule has 41 heavy (non-hydrogen) atoms. The molecule has 216 valence electrons. The molecule has 0 fully saturated rings. The molecule has 0 aliphatic rings. The van der Waals surface area contributed by atoms with Crippen LogP contribution in [0.1, 0.15) is 11.1 Å². The van der Waals surface area contributed by atoms with Crippen LogP contribution in [-0.4, -0.2) is 68.8 Å². The molecule has 4 rings (SSSR count). The van der Waals surface area contributed by atoms with E-state index in [1.165, 1.54) is 70.1 Å². The summed E-state index contributed by atoms with van der Waals surface area (Å²) in [5.74, 6) is 1.25. The number of thioether (sulfide) groups is 4. The Kier molecular flexibility index (Phi) is 12.0. The number of carbonyl (C=O) groups is 2. The molecule has 0 bridgehead atoms. The Morgan fingerprint density at radius 2 is 1.20 bits per heavy atom. The number of benzene rings is 2. The van der Waals surface area contributed by atoms with E-state index in [2.05, 4.69) is 29.3 Å². The van der Waals surface area contributed by atoms with Gasteiger partial charge in [0.05, 0.1) is 37.1 Å². The maximum Gasteiger partial charge on any atom is 0.234 e. The van der Waals surface area contributed by atoms with Gasteiger partial charge in [0.2, 0.25) is 22.1 Å². The summed E-state index contributed by atoms with van der Waals surface area (Å²) in [5, 5.41) is 7.23. The third kappa shape index (κ3) is 9.24. The second kappa shape index (κ2) is 15.7. The highest BCUT2D eigenvalue weighted by molar-refractivity contribution is 8.02. The Balaban J connectivity index is 1.33. The lowest BCUT2D eigenvalue weighted by molar-refractivity contribution is -0.114. The van der Waals surface area contributed by atoms with Gasteiger partial charge in [0.25, 0.3) is 0 Å². The molecule has 0 saturated heterocycles. The number of hydrogen-bond donors (Lipinski definition) is 2. The van der Waals surface area contributed by atoms with Crippen LogP contribution in [0, 0.1) is 0 Å². The number of ether oxygens (including phenoxy) is 2. The quantitative estimate of drug-likeness (QED) is 0.156. The van der Waals surface area contributed by atoms with Gasteiger partial charge in [-0.3, -0.25) is 9.59 Å². The Morgan fingerprint density at radius 3 is 1.56 bits per heavy atom. The van der Waals surface area contributed by atoms with Crippen molar-refractivity contribution in [2.45, 2.75) is 25.4 Å². The maximum atomic E-state index is 12.5. The summed E-state index contributed by atoms with van der Waals surface area (Å²) in [6.07, 6.45) is 4.43. The summed E-state index contributed by atoms with van der Waals surface area (Å²) >= 11 is 8.20. The van der Waals surface area contributed by atoms with Crippen molar-refractivity contribution in [1.82, 2.24) is 18.7 Å². The Hall–Kier alpha value is -2.50. The Bertz CT molecular complexity index is 1390. The van der Waals surface area contributed by atoms with Gasteiger partial charge in [-0.1, -0.05) is 59.2 Å². The highest BCUT2D eigenvalue weighted by atomic mass is 32.2. The fraction of sp³-hybridized carbons (Fsp3) is 0.280. The molecule has 2 N–H and O–H groups in total. The molecule has 10 nitrogen and oxygen atoms in total. The van der Waals surface area contributed by atoms with Crippen molar-refractivity contribution in [3.8, 4) is 11.5 Å². The minimum atomic E-state index is -0.157. The van der Waals surface area contributed by atoms with Gasteiger partial charge in [0.1, 0.15) is 11.5 Å². The van der Waals surface area contributed by atoms with Gasteiger partial charge in [-0.2, -0.15) is 8.75 Å². The molecule has 0 radical (unpaired) electrons. The molecule has 2 aromatic heterocycles. The molecule has 0 atom stereocenters. The van der Waals surface area contributed by atoms with E-state index in [0.29, 0.717) is 39.6 Å². The predicted octanol–water partition coefficient (Wildman–Crippen LogP) is 5.90. The van der Waals surface area contributed by atoms with Crippen LogP contribution < -0.4 is 20.1 Å². The van der Waals surface area contributed by atoms with Crippen molar-refractivity contribution >= 4 is 93.3 Å². The normalized spacial score (nSPS) is 10.8. The molecular weight excluding hydrogens is 641 g/mol. The first kappa shape index (κ1) is 31.4. The maximum absolute atomic E-state index is 12.5. The molecule has 0 unspecified atom stereocenters. The van der Waals surface area contributed by atoms with E-state index in [1.54, 1.807) is 14.2 Å². The minimum Gasteiger partial charge on any atom is -0.495 e. The average Bonchev–Trinajstić information content (AvgIpc) is 3.66. The van der Waals surface area contributed by atoms with Gasteiger partial charge in [-0.05, 0) is 77.4 Å². The number of carbonyl (C=O) groups excluding carboxylic acids is 2. The molecule has 0 aliphatic carbocycles. The highest BCUT2D eigenvalue weighted by Crippen LogP contribution is 2.31. The van der Waals surface area contributed by atoms with Crippen LogP contribution >= 0.6 is 70.1 Å². The number of hydrogen-bond acceptors (Lipinski definition) is 14. The molecule has 0 saturated carbocycles. The van der Waals surface area contributed by atoms with Crippen molar-refractivity contribution < 1.29 is 19.1 Å². The largest absolute Gasteiger partial charge is 0.495 e. The summed E-state index contributed by atoms with van der Waals surface area (Å²) in [6.45, 7) is 0. The number of rotatable bonds is 14. The topological polar surface area (TPSA) is 128 Å². The fourth-order valence-corrected chi connectivity index (χ4v) is 7.46. The molecular formula is C25H26N6O4S6. The summed E-state index contributed by atoms with van der Waals surface area (Å²) in [7, 11) is 3.14. The van der Waals surface area contributed by atoms with E-state index >= 15 is 0 Å². The summed E-state index contributed by atoms with van der Waals surface area (Å²) in [6, 6.07) is 11.3. The van der Waals surface area contributed by atoms with Crippen LogP contribution in [0.5, 0.6) is 11.5 Å². The van der Waals surface area contributed by atoms with Gasteiger partial charge in [-0.15, -0.1) is 0 Å². The molecule has 16 heteroatoms. The smallest absolute Gasteiger partial charge is 0.234 e. The second-order valence-corrected chi connectivity index (χ2v) is 13.5. The van der Waals surface area contributed by atoms with E-state index in [1.807, 2.05) is 48.9 Å². The van der Waals surface area contributed by atoms with Crippen molar-refractivity contribution in [3.05, 3.63) is 47.5 Å². The van der Waals surface area contributed by atoms with Crippen LogP contribution in [0.4, 0.5) is 11.4 Å². The highest BCUT2D eigenvalue weighted by Gasteiger charge is 2.14. The molecule has 4 aromatic rings. The van der Waals surface area contributed by atoms with Gasteiger partial charge in [-0.25, -0.2) is 9.97 Å². The third-order valence-electron chi connectivity index (χ3n) is 5.28. The van der Waals surface area contributed by atoms with Crippen molar-refractivity contribution in [2.24, 2.45) is 0 Å². The summed E-state index contributed by atoms with van der Waals surface area (Å²) in [5.41, 5.74) is 3.17. The number of methoxy groups -OCH3 is 2. The number of anilines is 2. The van der Waals surface area contributed by atoms with Crippen LogP contribution in [-0.2, 0) is 16.0 Å².